The summed E-state index contributed by atoms with van der Waals surface area (Å²) in [5, 5.41) is 3.03. The van der Waals surface area contributed by atoms with E-state index in [1.54, 1.807) is 0 Å². The fourth-order valence-corrected chi connectivity index (χ4v) is 1.93. The Morgan fingerprint density at radius 1 is 1.20 bits per heavy atom. The van der Waals surface area contributed by atoms with Gasteiger partial charge in [0, 0.05) is 12.8 Å². The van der Waals surface area contributed by atoms with E-state index < -0.39 is 0 Å². The zero-order valence-electron chi connectivity index (χ0n) is 10.1. The third-order valence-electron chi connectivity index (χ3n) is 3.07. The summed E-state index contributed by atoms with van der Waals surface area (Å²) in [6, 6.07) is 0.567. The van der Waals surface area contributed by atoms with Crippen LogP contribution in [-0.2, 0) is 4.79 Å². The first-order valence-corrected chi connectivity index (χ1v) is 5.58. The van der Waals surface area contributed by atoms with Gasteiger partial charge in [0.1, 0.15) is 6.04 Å². The number of carbonyl (C=O) groups excluding carboxylic acids is 1. The molecule has 0 aromatic carbocycles. The van der Waals surface area contributed by atoms with Gasteiger partial charge in [0.25, 0.3) is 0 Å². The Balaban J connectivity index is 0.00000196. The fourth-order valence-electron chi connectivity index (χ4n) is 1.93. The molecule has 0 spiro atoms. The van der Waals surface area contributed by atoms with Crippen molar-refractivity contribution in [3.63, 3.8) is 0 Å². The van der Waals surface area contributed by atoms with Crippen LogP contribution >= 0.6 is 0 Å². The van der Waals surface area contributed by atoms with E-state index in [1.165, 1.54) is 19.3 Å². The minimum atomic E-state index is 0. The van der Waals surface area contributed by atoms with Crippen molar-refractivity contribution in [1.82, 2.24) is 5.32 Å². The SMILES string of the molecule is C[N+](C)(C)C1CCCCCC(=O)NC1.[I-]. The number of nitrogens with one attached hydrogen (secondary N) is 1. The van der Waals surface area contributed by atoms with E-state index in [9.17, 15) is 4.79 Å². The Kier molecular flexibility index (Phi) is 6.75. The highest BCUT2D eigenvalue weighted by atomic mass is 127. The molecule has 1 heterocycles. The first-order valence-electron chi connectivity index (χ1n) is 5.58. The summed E-state index contributed by atoms with van der Waals surface area (Å²) in [6.45, 7) is 0.836. The predicted molar refractivity (Wildman–Crippen MR) is 57.9 cm³/mol. The lowest BCUT2D eigenvalue weighted by Crippen LogP contribution is -3.00. The molecule has 0 radical (unpaired) electrons. The highest BCUT2D eigenvalue weighted by molar-refractivity contribution is 5.75. The molecule has 4 heteroatoms. The Morgan fingerprint density at radius 3 is 2.47 bits per heavy atom. The second-order valence-electron chi connectivity index (χ2n) is 5.17. The quantitative estimate of drug-likeness (QED) is 0.445. The second-order valence-corrected chi connectivity index (χ2v) is 5.17. The molecule has 0 saturated carbocycles. The molecule has 1 rings (SSSR count). The first kappa shape index (κ1) is 15.2. The average Bonchev–Trinajstić information content (AvgIpc) is 2.15. The number of hydrogen-bond acceptors (Lipinski definition) is 1. The normalized spacial score (nSPS) is 24.2. The maximum Gasteiger partial charge on any atom is 0.220 e. The van der Waals surface area contributed by atoms with Crippen LogP contribution in [0.3, 0.4) is 0 Å². The fraction of sp³-hybridized carbons (Fsp3) is 0.909. The Labute approximate surface area is 110 Å². The summed E-state index contributed by atoms with van der Waals surface area (Å²) in [7, 11) is 6.61. The van der Waals surface area contributed by atoms with Gasteiger partial charge in [-0.1, -0.05) is 6.42 Å². The minimum absolute atomic E-state index is 0. The Hall–Kier alpha value is 0.160. The molecule has 1 amide bonds. The van der Waals surface area contributed by atoms with Crippen molar-refractivity contribution in [2.45, 2.75) is 38.1 Å². The number of halogens is 1. The van der Waals surface area contributed by atoms with Crippen molar-refractivity contribution in [3.8, 4) is 0 Å². The first-order chi connectivity index (χ1) is 6.50. The lowest BCUT2D eigenvalue weighted by molar-refractivity contribution is -0.895. The van der Waals surface area contributed by atoms with Crippen LogP contribution in [0, 0.1) is 0 Å². The van der Waals surface area contributed by atoms with Crippen LogP contribution in [-0.4, -0.2) is 44.1 Å². The second kappa shape index (κ2) is 6.68. The average molecular weight is 326 g/mol. The molecule has 0 aliphatic carbocycles. The van der Waals surface area contributed by atoms with Crippen LogP contribution in [0.15, 0.2) is 0 Å². The van der Waals surface area contributed by atoms with Crippen LogP contribution in [0.4, 0.5) is 0 Å². The standard InChI is InChI=1S/C11H22N2O.HI/c1-13(2,3)10-7-5-4-6-8-11(14)12-9-10;/h10H,4-9H2,1-3H3;1H. The van der Waals surface area contributed by atoms with Crippen LogP contribution in [0.25, 0.3) is 0 Å². The summed E-state index contributed by atoms with van der Waals surface area (Å²) >= 11 is 0. The van der Waals surface area contributed by atoms with E-state index in [0.717, 1.165) is 17.4 Å². The molecule has 1 aliphatic heterocycles. The molecule has 1 atom stereocenters. The van der Waals surface area contributed by atoms with Crippen LogP contribution in [0.5, 0.6) is 0 Å². The minimum Gasteiger partial charge on any atom is -1.00 e. The third kappa shape index (κ3) is 5.70. The van der Waals surface area contributed by atoms with Crippen LogP contribution in [0.2, 0.25) is 0 Å². The van der Waals surface area contributed by atoms with Crippen molar-refractivity contribution in [2.75, 3.05) is 27.7 Å². The molecule has 0 aromatic heterocycles. The molecule has 90 valence electrons. The summed E-state index contributed by atoms with van der Waals surface area (Å²) < 4.78 is 0.945. The van der Waals surface area contributed by atoms with Gasteiger partial charge >= 0.3 is 0 Å². The molecule has 0 aromatic rings. The van der Waals surface area contributed by atoms with Gasteiger partial charge in [0.2, 0.25) is 5.91 Å². The number of hydrogen-bond donors (Lipinski definition) is 1. The molecule has 15 heavy (non-hydrogen) atoms. The van der Waals surface area contributed by atoms with E-state index in [0.29, 0.717) is 12.5 Å². The van der Waals surface area contributed by atoms with E-state index in [-0.39, 0.29) is 29.9 Å². The number of rotatable bonds is 1. The van der Waals surface area contributed by atoms with Crippen molar-refractivity contribution < 1.29 is 33.3 Å². The zero-order valence-corrected chi connectivity index (χ0v) is 12.2. The molecule has 0 bridgehead atoms. The van der Waals surface area contributed by atoms with Gasteiger partial charge in [-0.15, -0.1) is 0 Å². The molecule has 1 aliphatic rings. The number of quaternary nitrogens is 1. The molecule has 1 N–H and O–H groups in total. The monoisotopic (exact) mass is 326 g/mol. The number of amides is 1. The zero-order chi connectivity index (χ0) is 10.6. The largest absolute Gasteiger partial charge is 1.00 e. The van der Waals surface area contributed by atoms with E-state index in [2.05, 4.69) is 26.5 Å². The van der Waals surface area contributed by atoms with E-state index in [4.69, 9.17) is 0 Å². The summed E-state index contributed by atoms with van der Waals surface area (Å²) in [5.41, 5.74) is 0. The lowest BCUT2D eigenvalue weighted by atomic mass is 10.1. The summed E-state index contributed by atoms with van der Waals surface area (Å²) in [6.07, 6.45) is 5.45. The third-order valence-corrected chi connectivity index (χ3v) is 3.07. The van der Waals surface area contributed by atoms with Crippen molar-refractivity contribution in [2.24, 2.45) is 0 Å². The predicted octanol–water partition coefficient (Wildman–Crippen LogP) is -1.85. The van der Waals surface area contributed by atoms with Gasteiger partial charge in [-0.05, 0) is 12.8 Å². The smallest absolute Gasteiger partial charge is 0.220 e. The van der Waals surface area contributed by atoms with Gasteiger partial charge in [0.15, 0.2) is 0 Å². The highest BCUT2D eigenvalue weighted by Gasteiger charge is 2.24. The number of likely N-dealkylation sites (N-methyl/N-ethyl adjacent to an activating group) is 1. The van der Waals surface area contributed by atoms with E-state index in [1.807, 2.05) is 0 Å². The maximum absolute atomic E-state index is 11.3. The molecule has 1 saturated heterocycles. The van der Waals surface area contributed by atoms with Gasteiger partial charge in [-0.2, -0.15) is 0 Å². The molecule has 1 unspecified atom stereocenters. The number of carbonyl (C=O) groups is 1. The van der Waals surface area contributed by atoms with Gasteiger partial charge < -0.3 is 33.8 Å². The Morgan fingerprint density at radius 2 is 1.87 bits per heavy atom. The van der Waals surface area contributed by atoms with Crippen molar-refractivity contribution in [3.05, 3.63) is 0 Å². The number of nitrogens with zero attached hydrogens (tertiary/aromatic N) is 1. The molecule has 3 nitrogen and oxygen atoms in total. The summed E-state index contributed by atoms with van der Waals surface area (Å²) in [5.74, 6) is 0.227. The highest BCUT2D eigenvalue weighted by Crippen LogP contribution is 2.14. The van der Waals surface area contributed by atoms with Gasteiger partial charge in [-0.3, -0.25) is 4.79 Å². The molecular formula is C11H23IN2O. The Bertz CT molecular complexity index is 201. The summed E-state index contributed by atoms with van der Waals surface area (Å²) in [4.78, 5) is 11.3. The van der Waals surface area contributed by atoms with Crippen molar-refractivity contribution >= 4 is 5.91 Å². The van der Waals surface area contributed by atoms with Gasteiger partial charge in [0.05, 0.1) is 27.7 Å². The van der Waals surface area contributed by atoms with Gasteiger partial charge in [-0.25, -0.2) is 0 Å². The topological polar surface area (TPSA) is 29.1 Å². The van der Waals surface area contributed by atoms with Crippen LogP contribution < -0.4 is 29.3 Å². The van der Waals surface area contributed by atoms with Crippen LogP contribution in [0.1, 0.15) is 32.1 Å². The molecule has 1 fully saturated rings. The van der Waals surface area contributed by atoms with E-state index >= 15 is 0 Å². The maximum atomic E-state index is 11.3. The van der Waals surface area contributed by atoms with Crippen molar-refractivity contribution in [1.29, 1.82) is 0 Å². The molecular weight excluding hydrogens is 303 g/mol. The lowest BCUT2D eigenvalue weighted by Gasteiger charge is -2.34.